The Morgan fingerprint density at radius 3 is 3.21 bits per heavy atom. The Bertz CT molecular complexity index is 869. The number of piperidine rings is 1. The van der Waals surface area contributed by atoms with Crippen molar-refractivity contribution in [3.63, 3.8) is 0 Å². The summed E-state index contributed by atoms with van der Waals surface area (Å²) < 4.78 is 5.19. The van der Waals surface area contributed by atoms with Crippen molar-refractivity contribution in [2.24, 2.45) is 0 Å². The topological polar surface area (TPSA) is 87.9 Å². The zero-order valence-electron chi connectivity index (χ0n) is 13.5. The van der Waals surface area contributed by atoms with Crippen molar-refractivity contribution in [3.05, 3.63) is 41.5 Å². The van der Waals surface area contributed by atoms with Gasteiger partial charge in [0.05, 0.1) is 11.9 Å². The van der Waals surface area contributed by atoms with E-state index in [1.807, 2.05) is 24.0 Å². The van der Waals surface area contributed by atoms with Crippen molar-refractivity contribution >= 4 is 16.9 Å². The number of likely N-dealkylation sites (tertiary alicyclic amines) is 1. The van der Waals surface area contributed by atoms with E-state index in [0.717, 1.165) is 48.2 Å². The Balaban J connectivity index is 1.53. The van der Waals surface area contributed by atoms with E-state index in [-0.39, 0.29) is 11.8 Å². The number of rotatable bonds is 3. The highest BCUT2D eigenvalue weighted by Crippen LogP contribution is 2.27. The molecule has 1 unspecified atom stereocenters. The van der Waals surface area contributed by atoms with Gasteiger partial charge < -0.3 is 9.42 Å². The molecule has 0 spiro atoms. The molecular weight excluding hydrogens is 306 g/mol. The number of nitrogens with zero attached hydrogens (tertiary/aromatic N) is 4. The minimum absolute atomic E-state index is 0.0884. The summed E-state index contributed by atoms with van der Waals surface area (Å²) in [6, 6.07) is 5.78. The third-order valence-electron chi connectivity index (χ3n) is 4.58. The molecule has 4 rings (SSSR count). The second-order valence-corrected chi connectivity index (χ2v) is 6.17. The monoisotopic (exact) mass is 325 g/mol. The molecule has 1 N–H and O–H groups in total. The lowest BCUT2D eigenvalue weighted by atomic mass is 9.94. The number of hydrogen-bond acceptors (Lipinski definition) is 5. The third kappa shape index (κ3) is 2.66. The maximum atomic E-state index is 12.6. The number of amides is 1. The van der Waals surface area contributed by atoms with Crippen molar-refractivity contribution in [2.75, 3.05) is 13.1 Å². The fraction of sp³-hybridized carbons (Fsp3) is 0.412. The number of H-pyrrole nitrogens is 1. The van der Waals surface area contributed by atoms with Crippen LogP contribution in [0.5, 0.6) is 0 Å². The summed E-state index contributed by atoms with van der Waals surface area (Å²) >= 11 is 0. The molecule has 7 heteroatoms. The molecule has 1 fully saturated rings. The van der Waals surface area contributed by atoms with E-state index in [2.05, 4.69) is 20.3 Å². The van der Waals surface area contributed by atoms with Gasteiger partial charge in [-0.05, 0) is 31.4 Å². The molecule has 0 aromatic carbocycles. The van der Waals surface area contributed by atoms with Gasteiger partial charge in [0, 0.05) is 36.2 Å². The fourth-order valence-electron chi connectivity index (χ4n) is 3.21. The maximum absolute atomic E-state index is 12.6. The Labute approximate surface area is 139 Å². The van der Waals surface area contributed by atoms with Crippen molar-refractivity contribution in [3.8, 4) is 0 Å². The molecule has 1 aliphatic heterocycles. The molecule has 3 aromatic heterocycles. The average molecular weight is 325 g/mol. The van der Waals surface area contributed by atoms with Crippen LogP contribution in [0.3, 0.4) is 0 Å². The first-order chi connectivity index (χ1) is 11.7. The Kier molecular flexibility index (Phi) is 3.76. The molecule has 1 saturated heterocycles. The van der Waals surface area contributed by atoms with Gasteiger partial charge in [-0.15, -0.1) is 0 Å². The van der Waals surface area contributed by atoms with Gasteiger partial charge in [-0.25, -0.2) is 4.98 Å². The lowest BCUT2D eigenvalue weighted by Crippen LogP contribution is -2.39. The van der Waals surface area contributed by atoms with E-state index >= 15 is 0 Å². The van der Waals surface area contributed by atoms with Crippen LogP contribution in [-0.2, 0) is 6.42 Å². The second kappa shape index (κ2) is 6.07. The van der Waals surface area contributed by atoms with E-state index in [1.54, 1.807) is 12.3 Å². The summed E-state index contributed by atoms with van der Waals surface area (Å²) in [6.07, 6.45) is 4.49. The molecule has 0 radical (unpaired) electrons. The largest absolute Gasteiger partial charge is 0.351 e. The number of aryl methyl sites for hydroxylation is 1. The first-order valence-electron chi connectivity index (χ1n) is 8.29. The Morgan fingerprint density at radius 1 is 1.46 bits per heavy atom. The smallest absolute Gasteiger partial charge is 0.292 e. The van der Waals surface area contributed by atoms with E-state index in [0.29, 0.717) is 12.3 Å². The average Bonchev–Trinajstić information content (AvgIpc) is 3.29. The van der Waals surface area contributed by atoms with Crippen molar-refractivity contribution in [2.45, 2.75) is 32.1 Å². The predicted octanol–water partition coefficient (Wildman–Crippen LogP) is 2.53. The lowest BCUT2D eigenvalue weighted by Gasteiger charge is -2.31. The number of aromatic amines is 1. The normalized spacial score (nSPS) is 18.2. The minimum atomic E-state index is -0.0884. The molecule has 4 heterocycles. The van der Waals surface area contributed by atoms with Crippen LogP contribution in [0.4, 0.5) is 0 Å². The van der Waals surface area contributed by atoms with Gasteiger partial charge in [-0.1, -0.05) is 12.1 Å². The van der Waals surface area contributed by atoms with Crippen LogP contribution in [0.25, 0.3) is 11.0 Å². The lowest BCUT2D eigenvalue weighted by molar-refractivity contribution is 0.0664. The van der Waals surface area contributed by atoms with Crippen LogP contribution >= 0.6 is 0 Å². The molecule has 1 amide bonds. The summed E-state index contributed by atoms with van der Waals surface area (Å²) in [7, 11) is 0. The van der Waals surface area contributed by atoms with Crippen molar-refractivity contribution < 1.29 is 9.32 Å². The summed E-state index contributed by atoms with van der Waals surface area (Å²) in [6.45, 7) is 3.37. The standard InChI is InChI=1S/C17H19N5O2/c1-2-13-8-15(24-21-13)17(23)22-7-3-4-12(10-22)14-6-5-11-9-18-20-16(11)19-14/h5-6,8-9,12H,2-4,7,10H2,1H3,(H,18,19,20). The van der Waals surface area contributed by atoms with Crippen LogP contribution in [0.15, 0.2) is 28.9 Å². The van der Waals surface area contributed by atoms with Gasteiger partial charge in [-0.2, -0.15) is 5.10 Å². The zero-order valence-corrected chi connectivity index (χ0v) is 13.5. The number of aromatic nitrogens is 4. The molecular formula is C17H19N5O2. The van der Waals surface area contributed by atoms with Gasteiger partial charge in [0.25, 0.3) is 5.91 Å². The number of pyridine rings is 1. The quantitative estimate of drug-likeness (QED) is 0.799. The van der Waals surface area contributed by atoms with Crippen LogP contribution in [0.2, 0.25) is 0 Å². The SMILES string of the molecule is CCc1cc(C(=O)N2CCCC(c3ccc4cn[nH]c4n3)C2)on1. The fourth-order valence-corrected chi connectivity index (χ4v) is 3.21. The van der Waals surface area contributed by atoms with Crippen molar-refractivity contribution in [1.29, 1.82) is 0 Å². The van der Waals surface area contributed by atoms with Crippen LogP contribution in [-0.4, -0.2) is 44.2 Å². The zero-order chi connectivity index (χ0) is 16.5. The molecule has 0 bridgehead atoms. The van der Waals surface area contributed by atoms with E-state index in [9.17, 15) is 4.79 Å². The number of carbonyl (C=O) groups is 1. The molecule has 124 valence electrons. The molecule has 0 saturated carbocycles. The molecule has 7 nitrogen and oxygen atoms in total. The summed E-state index contributed by atoms with van der Waals surface area (Å²) in [5.74, 6) is 0.461. The van der Waals surface area contributed by atoms with Gasteiger partial charge in [0.2, 0.25) is 5.76 Å². The van der Waals surface area contributed by atoms with Crippen LogP contribution in [0.1, 0.15) is 47.6 Å². The van der Waals surface area contributed by atoms with Crippen LogP contribution in [0, 0.1) is 0 Å². The maximum Gasteiger partial charge on any atom is 0.292 e. The van der Waals surface area contributed by atoms with E-state index in [4.69, 9.17) is 4.52 Å². The minimum Gasteiger partial charge on any atom is -0.351 e. The number of carbonyl (C=O) groups excluding carboxylic acids is 1. The van der Waals surface area contributed by atoms with E-state index < -0.39 is 0 Å². The Morgan fingerprint density at radius 2 is 2.38 bits per heavy atom. The number of fused-ring (bicyclic) bond motifs is 1. The second-order valence-electron chi connectivity index (χ2n) is 6.17. The molecule has 3 aromatic rings. The summed E-state index contributed by atoms with van der Waals surface area (Å²) in [4.78, 5) is 19.1. The third-order valence-corrected chi connectivity index (χ3v) is 4.58. The van der Waals surface area contributed by atoms with Crippen molar-refractivity contribution in [1.82, 2.24) is 25.2 Å². The Hall–Kier alpha value is -2.70. The summed E-state index contributed by atoms with van der Waals surface area (Å²) in [5, 5.41) is 11.8. The predicted molar refractivity (Wildman–Crippen MR) is 87.6 cm³/mol. The van der Waals surface area contributed by atoms with Gasteiger partial charge in [0.15, 0.2) is 5.65 Å². The number of hydrogen-bond donors (Lipinski definition) is 1. The summed E-state index contributed by atoms with van der Waals surface area (Å²) in [5.41, 5.74) is 2.59. The number of nitrogens with one attached hydrogen (secondary N) is 1. The molecule has 1 atom stereocenters. The molecule has 0 aliphatic carbocycles. The highest BCUT2D eigenvalue weighted by Gasteiger charge is 2.28. The first-order valence-corrected chi connectivity index (χ1v) is 8.29. The highest BCUT2D eigenvalue weighted by molar-refractivity contribution is 5.91. The van der Waals surface area contributed by atoms with E-state index in [1.165, 1.54) is 0 Å². The first kappa shape index (κ1) is 14.9. The van der Waals surface area contributed by atoms with Gasteiger partial charge in [0.1, 0.15) is 0 Å². The molecule has 24 heavy (non-hydrogen) atoms. The van der Waals surface area contributed by atoms with Crippen LogP contribution < -0.4 is 0 Å². The highest BCUT2D eigenvalue weighted by atomic mass is 16.5. The van der Waals surface area contributed by atoms with Gasteiger partial charge >= 0.3 is 0 Å². The van der Waals surface area contributed by atoms with Gasteiger partial charge in [-0.3, -0.25) is 9.89 Å². The molecule has 1 aliphatic rings.